The number of halogens is 7. The summed E-state index contributed by atoms with van der Waals surface area (Å²) >= 11 is 5.84. The lowest BCUT2D eigenvalue weighted by Gasteiger charge is -2.22. The molecule has 0 aliphatic carbocycles. The van der Waals surface area contributed by atoms with Gasteiger partial charge in [0.15, 0.2) is 5.82 Å². The number of rotatable bonds is 9. The number of carbonyl (C=O) groups excluding carboxylic acids is 1. The summed E-state index contributed by atoms with van der Waals surface area (Å²) in [5.41, 5.74) is -2.42. The molecule has 210 valence electrons. The van der Waals surface area contributed by atoms with Gasteiger partial charge in [-0.1, -0.05) is 29.8 Å². The topological polar surface area (TPSA) is 118 Å². The van der Waals surface area contributed by atoms with E-state index in [1.165, 1.54) is 30.3 Å². The van der Waals surface area contributed by atoms with Crippen LogP contribution >= 0.6 is 11.6 Å². The number of amides is 2. The summed E-state index contributed by atoms with van der Waals surface area (Å²) in [7, 11) is 0. The molecule has 39 heavy (non-hydrogen) atoms. The molecule has 9 nitrogen and oxygen atoms in total. The van der Waals surface area contributed by atoms with Gasteiger partial charge < -0.3 is 15.7 Å². The fraction of sp³-hybridized carbons (Fsp3) is 0.304. The first-order valence-electron chi connectivity index (χ1n) is 11.1. The van der Waals surface area contributed by atoms with Gasteiger partial charge in [0, 0.05) is 23.7 Å². The van der Waals surface area contributed by atoms with Crippen molar-refractivity contribution in [3.05, 3.63) is 75.2 Å². The predicted octanol–water partition coefficient (Wildman–Crippen LogP) is 4.46. The van der Waals surface area contributed by atoms with E-state index in [2.05, 4.69) is 10.4 Å². The van der Waals surface area contributed by atoms with Gasteiger partial charge in [0.25, 0.3) is 0 Å². The van der Waals surface area contributed by atoms with Gasteiger partial charge in [0.05, 0.1) is 18.0 Å². The first-order chi connectivity index (χ1) is 18.2. The average molecular weight is 580 g/mol. The summed E-state index contributed by atoms with van der Waals surface area (Å²) in [6.07, 6.45) is -12.4. The van der Waals surface area contributed by atoms with Crippen LogP contribution in [0.1, 0.15) is 23.6 Å². The molecule has 1 aromatic heterocycles. The lowest BCUT2D eigenvalue weighted by atomic mass is 9.99. The number of benzene rings is 2. The Morgan fingerprint density at radius 2 is 1.67 bits per heavy atom. The second kappa shape index (κ2) is 11.8. The zero-order valence-electron chi connectivity index (χ0n) is 19.7. The molecule has 1 unspecified atom stereocenters. The SMILES string of the molecule is O=C(O)NCC(NC(=O)Cn1nc(-c2ccc(Cl)cc2)n(CCC(F)(F)F)c1=O)c1ccccc1C(F)(F)F. The number of nitrogens with one attached hydrogen (secondary N) is 2. The zero-order valence-corrected chi connectivity index (χ0v) is 20.4. The third-order valence-corrected chi connectivity index (χ3v) is 5.62. The molecular weight excluding hydrogens is 560 g/mol. The number of carbonyl (C=O) groups is 2. The Morgan fingerprint density at radius 3 is 2.26 bits per heavy atom. The van der Waals surface area contributed by atoms with Gasteiger partial charge in [-0.3, -0.25) is 9.36 Å². The third-order valence-electron chi connectivity index (χ3n) is 5.37. The Bertz CT molecular complexity index is 1390. The maximum atomic E-state index is 13.5. The minimum Gasteiger partial charge on any atom is -0.465 e. The molecule has 0 bridgehead atoms. The van der Waals surface area contributed by atoms with Gasteiger partial charge in [-0.05, 0) is 35.9 Å². The van der Waals surface area contributed by atoms with Crippen molar-refractivity contribution in [3.8, 4) is 11.4 Å². The number of hydrogen-bond donors (Lipinski definition) is 3. The highest BCUT2D eigenvalue weighted by atomic mass is 35.5. The van der Waals surface area contributed by atoms with E-state index < -0.39 is 73.3 Å². The second-order valence-corrected chi connectivity index (χ2v) is 8.62. The lowest BCUT2D eigenvalue weighted by molar-refractivity contribution is -0.139. The molecule has 3 N–H and O–H groups in total. The Hall–Kier alpha value is -4.01. The number of hydrogen-bond acceptors (Lipinski definition) is 4. The van der Waals surface area contributed by atoms with Crippen LogP contribution in [-0.4, -0.2) is 44.2 Å². The van der Waals surface area contributed by atoms with Crippen molar-refractivity contribution in [1.82, 2.24) is 25.0 Å². The fourth-order valence-electron chi connectivity index (χ4n) is 3.66. The summed E-state index contributed by atoms with van der Waals surface area (Å²) in [4.78, 5) is 36.7. The van der Waals surface area contributed by atoms with Gasteiger partial charge in [0.2, 0.25) is 5.91 Å². The van der Waals surface area contributed by atoms with E-state index in [4.69, 9.17) is 16.7 Å². The summed E-state index contributed by atoms with van der Waals surface area (Å²) in [5.74, 6) is -1.24. The Balaban J connectivity index is 1.93. The monoisotopic (exact) mass is 579 g/mol. The molecule has 0 radical (unpaired) electrons. The molecular formula is C23H20ClF6N5O4. The van der Waals surface area contributed by atoms with E-state index in [1.807, 2.05) is 5.32 Å². The van der Waals surface area contributed by atoms with E-state index in [-0.39, 0.29) is 11.4 Å². The van der Waals surface area contributed by atoms with Crippen LogP contribution in [0.25, 0.3) is 11.4 Å². The van der Waals surface area contributed by atoms with Crippen LogP contribution in [0.4, 0.5) is 31.1 Å². The predicted molar refractivity (Wildman–Crippen MR) is 126 cm³/mol. The molecule has 0 aliphatic heterocycles. The first-order valence-corrected chi connectivity index (χ1v) is 11.5. The fourth-order valence-corrected chi connectivity index (χ4v) is 3.79. The van der Waals surface area contributed by atoms with Crippen molar-refractivity contribution in [3.63, 3.8) is 0 Å². The van der Waals surface area contributed by atoms with Crippen LogP contribution in [-0.2, 0) is 24.1 Å². The second-order valence-electron chi connectivity index (χ2n) is 8.18. The number of alkyl halides is 6. The van der Waals surface area contributed by atoms with Gasteiger partial charge in [-0.25, -0.2) is 14.3 Å². The maximum Gasteiger partial charge on any atom is 0.416 e. The van der Waals surface area contributed by atoms with E-state index in [0.29, 0.717) is 14.3 Å². The van der Waals surface area contributed by atoms with Crippen LogP contribution in [0.15, 0.2) is 53.3 Å². The van der Waals surface area contributed by atoms with Crippen LogP contribution < -0.4 is 16.3 Å². The molecule has 0 saturated heterocycles. The average Bonchev–Trinajstić information content (AvgIpc) is 3.14. The maximum absolute atomic E-state index is 13.5. The molecule has 3 rings (SSSR count). The Kier molecular flexibility index (Phi) is 8.94. The molecule has 16 heteroatoms. The van der Waals surface area contributed by atoms with Crippen molar-refractivity contribution in [2.75, 3.05) is 6.54 Å². The van der Waals surface area contributed by atoms with Gasteiger partial charge in [-0.2, -0.15) is 26.3 Å². The summed E-state index contributed by atoms with van der Waals surface area (Å²) in [6.45, 7) is -2.35. The van der Waals surface area contributed by atoms with Crippen molar-refractivity contribution >= 4 is 23.6 Å². The number of carboxylic acid groups (broad SMARTS) is 1. The van der Waals surface area contributed by atoms with Crippen LogP contribution in [0.5, 0.6) is 0 Å². The zero-order chi connectivity index (χ0) is 29.0. The molecule has 1 heterocycles. The van der Waals surface area contributed by atoms with Crippen molar-refractivity contribution in [1.29, 1.82) is 0 Å². The Labute approximate surface area is 221 Å². The summed E-state index contributed by atoms with van der Waals surface area (Å²) in [6, 6.07) is 8.30. The molecule has 1 atom stereocenters. The largest absolute Gasteiger partial charge is 0.465 e. The van der Waals surface area contributed by atoms with Crippen molar-refractivity contribution in [2.45, 2.75) is 37.9 Å². The molecule has 2 aromatic carbocycles. The highest BCUT2D eigenvalue weighted by Crippen LogP contribution is 2.34. The van der Waals surface area contributed by atoms with E-state index in [0.717, 1.165) is 18.2 Å². The molecule has 3 aromatic rings. The van der Waals surface area contributed by atoms with E-state index >= 15 is 0 Å². The van der Waals surface area contributed by atoms with Crippen LogP contribution in [0.3, 0.4) is 0 Å². The minimum absolute atomic E-state index is 0.194. The van der Waals surface area contributed by atoms with E-state index in [9.17, 15) is 40.7 Å². The molecule has 0 fully saturated rings. The van der Waals surface area contributed by atoms with Gasteiger partial charge in [-0.15, -0.1) is 5.10 Å². The summed E-state index contributed by atoms with van der Waals surface area (Å²) < 4.78 is 80.5. The molecule has 0 spiro atoms. The van der Waals surface area contributed by atoms with Crippen molar-refractivity contribution < 1.29 is 41.0 Å². The lowest BCUT2D eigenvalue weighted by Crippen LogP contribution is -2.41. The highest BCUT2D eigenvalue weighted by molar-refractivity contribution is 6.30. The molecule has 2 amide bonds. The van der Waals surface area contributed by atoms with Crippen LogP contribution in [0, 0.1) is 0 Å². The smallest absolute Gasteiger partial charge is 0.416 e. The number of nitrogens with zero attached hydrogens (tertiary/aromatic N) is 3. The van der Waals surface area contributed by atoms with Gasteiger partial charge in [0.1, 0.15) is 6.54 Å². The summed E-state index contributed by atoms with van der Waals surface area (Å²) in [5, 5.41) is 17.3. The van der Waals surface area contributed by atoms with Crippen molar-refractivity contribution in [2.24, 2.45) is 0 Å². The molecule has 0 saturated carbocycles. The quantitative estimate of drug-likeness (QED) is 0.324. The highest BCUT2D eigenvalue weighted by Gasteiger charge is 2.35. The van der Waals surface area contributed by atoms with E-state index in [1.54, 1.807) is 0 Å². The molecule has 0 aliphatic rings. The Morgan fingerprint density at radius 1 is 1.03 bits per heavy atom. The minimum atomic E-state index is -4.83. The number of aromatic nitrogens is 3. The third kappa shape index (κ3) is 7.99. The standard InChI is InChI=1S/C23H20ClF6N5O4/c24-14-7-5-13(6-8-14)19-33-35(21(39)34(19)10-9-22(25,26)27)12-18(36)32-17(11-31-20(37)38)15-3-1-2-4-16(15)23(28,29)30/h1-8,17,31H,9-12H2,(H,32,36)(H,37,38). The normalized spacial score (nSPS) is 12.7. The van der Waals surface area contributed by atoms with Crippen LogP contribution in [0.2, 0.25) is 5.02 Å². The first kappa shape index (κ1) is 29.5. The van der Waals surface area contributed by atoms with Gasteiger partial charge >= 0.3 is 24.1 Å².